The summed E-state index contributed by atoms with van der Waals surface area (Å²) in [7, 11) is -4.69. The Hall–Kier alpha value is -1.30. The molecule has 1 aliphatic rings. The van der Waals surface area contributed by atoms with Gasteiger partial charge in [-0.25, -0.2) is 0 Å². The van der Waals surface area contributed by atoms with E-state index in [1.165, 1.54) is 0 Å². The van der Waals surface area contributed by atoms with E-state index in [1.807, 2.05) is 13.8 Å². The van der Waals surface area contributed by atoms with Crippen molar-refractivity contribution in [1.82, 2.24) is 5.32 Å². The van der Waals surface area contributed by atoms with Crippen LogP contribution in [0.25, 0.3) is 0 Å². The van der Waals surface area contributed by atoms with Gasteiger partial charge in [0.15, 0.2) is 14.1 Å². The number of allylic oxidation sites excluding steroid dienone is 2. The second kappa shape index (κ2) is 16.1. The minimum atomic E-state index is -2.43. The van der Waals surface area contributed by atoms with Gasteiger partial charge in [0.2, 0.25) is 5.91 Å². The Kier molecular flexibility index (Phi) is 14.9. The molecule has 0 aromatic heterocycles. The van der Waals surface area contributed by atoms with Gasteiger partial charge in [0.25, 0.3) is 14.3 Å². The van der Waals surface area contributed by atoms with Crippen LogP contribution in [0.4, 0.5) is 0 Å². The Labute approximate surface area is 259 Å². The molecule has 0 aromatic rings. The van der Waals surface area contributed by atoms with Crippen LogP contribution in [0.5, 0.6) is 0 Å². The fourth-order valence-corrected chi connectivity index (χ4v) is 12.7. The quantitative estimate of drug-likeness (QED) is 0.147. The molecule has 1 aliphatic heterocycles. The zero-order valence-electron chi connectivity index (χ0n) is 29.3. The Morgan fingerprint density at radius 1 is 0.952 bits per heavy atom. The van der Waals surface area contributed by atoms with Crippen molar-refractivity contribution in [2.75, 3.05) is 6.54 Å². The lowest BCUT2D eigenvalue weighted by Crippen LogP contribution is -2.54. The predicted molar refractivity (Wildman–Crippen MR) is 177 cm³/mol. The van der Waals surface area contributed by atoms with Gasteiger partial charge in [-0.05, 0) is 73.4 Å². The molecule has 0 radical (unpaired) electrons. The molecule has 0 aliphatic carbocycles. The van der Waals surface area contributed by atoms with Crippen molar-refractivity contribution in [1.29, 1.82) is 0 Å². The summed E-state index contributed by atoms with van der Waals surface area (Å²) >= 11 is 0. The van der Waals surface area contributed by atoms with Crippen molar-refractivity contribution < 1.29 is 28.0 Å². The minimum Gasteiger partial charge on any atom is -0.518 e. The number of nitrogens with one attached hydrogen (secondary N) is 1. The lowest BCUT2D eigenvalue weighted by atomic mass is 9.90. The summed E-state index contributed by atoms with van der Waals surface area (Å²) < 4.78 is 19.5. The fraction of sp³-hybridized carbons (Fsp3) is 0.848. The summed E-state index contributed by atoms with van der Waals surface area (Å²) in [6.07, 6.45) is 4.69. The Morgan fingerprint density at radius 3 is 1.98 bits per heavy atom. The number of rotatable bonds is 15. The first kappa shape index (κ1) is 38.7. The van der Waals surface area contributed by atoms with Gasteiger partial charge in [-0.15, -0.1) is 0 Å². The molecule has 5 atom stereocenters. The first-order valence-corrected chi connectivity index (χ1v) is 21.2. The van der Waals surface area contributed by atoms with Crippen molar-refractivity contribution in [3.63, 3.8) is 0 Å². The Bertz CT molecular complexity index is 902. The molecule has 1 fully saturated rings. The molecule has 0 aromatic carbocycles. The zero-order chi connectivity index (χ0) is 32.6. The highest BCUT2D eigenvalue weighted by molar-refractivity contribution is 6.79. The van der Waals surface area contributed by atoms with Gasteiger partial charge >= 0.3 is 0 Å². The van der Waals surface area contributed by atoms with Crippen molar-refractivity contribution in [2.24, 2.45) is 11.8 Å². The molecule has 9 heteroatoms. The summed E-state index contributed by atoms with van der Waals surface area (Å²) in [5.74, 6) is -0.626. The summed E-state index contributed by atoms with van der Waals surface area (Å²) in [5.41, 5.74) is 0.841. The van der Waals surface area contributed by atoms with Crippen LogP contribution in [0, 0.1) is 11.8 Å². The average Bonchev–Trinajstić information content (AvgIpc) is 2.85. The molecular formula is C33H63NO6Si2. The lowest BCUT2D eigenvalue weighted by Gasteiger charge is -2.44. The molecule has 1 saturated heterocycles. The van der Waals surface area contributed by atoms with E-state index < -0.39 is 28.7 Å². The molecule has 0 spiro atoms. The fourth-order valence-electron chi connectivity index (χ4n) is 6.08. The van der Waals surface area contributed by atoms with Crippen molar-refractivity contribution in [3.8, 4) is 0 Å². The SMILES string of the molecule is C/C=C/C(=O)C[C@H]1CC[C@H](C)[C@H](CC(=O)NC[C@H](O[Si](C)(C)C(C)(C)C)[C@H](C)C(=O)O[Si](C(C)C)(C(C)C)C(C)C)O1. The van der Waals surface area contributed by atoms with E-state index in [-0.39, 0.29) is 70.4 Å². The molecule has 0 unspecified atom stereocenters. The van der Waals surface area contributed by atoms with Gasteiger partial charge in [0.1, 0.15) is 0 Å². The van der Waals surface area contributed by atoms with Crippen LogP contribution in [-0.2, 0) is 28.0 Å². The number of hydrogen-bond donors (Lipinski definition) is 1. The van der Waals surface area contributed by atoms with E-state index in [0.717, 1.165) is 12.8 Å². The molecule has 42 heavy (non-hydrogen) atoms. The van der Waals surface area contributed by atoms with Crippen LogP contribution in [0.2, 0.25) is 34.8 Å². The second-order valence-electron chi connectivity index (χ2n) is 15.0. The van der Waals surface area contributed by atoms with E-state index in [0.29, 0.717) is 6.42 Å². The summed E-state index contributed by atoms with van der Waals surface area (Å²) in [4.78, 5) is 39.1. The maximum absolute atomic E-state index is 13.8. The van der Waals surface area contributed by atoms with Crippen molar-refractivity contribution in [3.05, 3.63) is 12.2 Å². The molecule has 1 amide bonds. The van der Waals surface area contributed by atoms with E-state index in [1.54, 1.807) is 12.2 Å². The highest BCUT2D eigenvalue weighted by Gasteiger charge is 2.50. The third-order valence-electron chi connectivity index (χ3n) is 9.78. The molecule has 1 rings (SSSR count). The zero-order valence-corrected chi connectivity index (χ0v) is 31.3. The standard InChI is InChI=1S/C33H63NO6Si2/c1-15-16-27(35)19-28-18-17-25(8)29(38-28)20-31(36)34-21-30(39-41(13,14)33(10,11)12)26(9)32(37)40-42(22(2)3,23(4)5)24(6)7/h15-16,22-26,28-30H,17-21H2,1-14H3,(H,34,36)/b16-15+/t25-,26-,28+,29-,30-/m0/s1. The van der Waals surface area contributed by atoms with E-state index in [4.69, 9.17) is 13.6 Å². The van der Waals surface area contributed by atoms with Gasteiger partial charge in [0.05, 0.1) is 30.7 Å². The number of ether oxygens (including phenoxy) is 1. The third kappa shape index (κ3) is 10.4. The molecular weight excluding hydrogens is 563 g/mol. The van der Waals surface area contributed by atoms with Crippen LogP contribution in [0.1, 0.15) is 109 Å². The number of ketones is 1. The van der Waals surface area contributed by atoms with E-state index >= 15 is 0 Å². The van der Waals surface area contributed by atoms with Crippen LogP contribution in [0.3, 0.4) is 0 Å². The van der Waals surface area contributed by atoms with Crippen LogP contribution >= 0.6 is 0 Å². The van der Waals surface area contributed by atoms with E-state index in [2.05, 4.69) is 87.6 Å². The van der Waals surface area contributed by atoms with Crippen molar-refractivity contribution >= 4 is 34.3 Å². The van der Waals surface area contributed by atoms with Gasteiger partial charge in [-0.2, -0.15) is 0 Å². The number of amides is 1. The van der Waals surface area contributed by atoms with Crippen LogP contribution in [0.15, 0.2) is 12.2 Å². The molecule has 244 valence electrons. The Morgan fingerprint density at radius 2 is 1.50 bits per heavy atom. The smallest absolute Gasteiger partial charge is 0.298 e. The van der Waals surface area contributed by atoms with E-state index in [9.17, 15) is 14.4 Å². The minimum absolute atomic E-state index is 0.0474. The molecule has 0 bridgehead atoms. The maximum Gasteiger partial charge on any atom is 0.298 e. The van der Waals surface area contributed by atoms with Gasteiger partial charge in [0, 0.05) is 13.0 Å². The monoisotopic (exact) mass is 625 g/mol. The maximum atomic E-state index is 13.8. The van der Waals surface area contributed by atoms with Crippen molar-refractivity contribution in [2.45, 2.75) is 162 Å². The Balaban J connectivity index is 3.09. The normalized spacial score (nSPS) is 22.1. The first-order valence-electron chi connectivity index (χ1n) is 16.2. The van der Waals surface area contributed by atoms with Gasteiger partial charge < -0.3 is 18.9 Å². The van der Waals surface area contributed by atoms with Gasteiger partial charge in [-0.3, -0.25) is 14.4 Å². The summed E-state index contributed by atoms with van der Waals surface area (Å²) in [5, 5.41) is 3.01. The largest absolute Gasteiger partial charge is 0.518 e. The summed E-state index contributed by atoms with van der Waals surface area (Å²) in [6.45, 7) is 29.9. The topological polar surface area (TPSA) is 90.9 Å². The highest BCUT2D eigenvalue weighted by Crippen LogP contribution is 2.43. The third-order valence-corrected chi connectivity index (χ3v) is 20.3. The van der Waals surface area contributed by atoms with Crippen LogP contribution in [-0.4, -0.2) is 59.2 Å². The number of carbonyl (C=O) groups is 3. The highest BCUT2D eigenvalue weighted by atomic mass is 28.4. The molecule has 1 heterocycles. The average molecular weight is 626 g/mol. The van der Waals surface area contributed by atoms with Crippen LogP contribution < -0.4 is 5.32 Å². The molecule has 0 saturated carbocycles. The second-order valence-corrected chi connectivity index (χ2v) is 25.1. The summed E-state index contributed by atoms with van der Waals surface area (Å²) in [6, 6.07) is 0. The number of carbonyl (C=O) groups excluding carboxylic acids is 3. The molecule has 7 nitrogen and oxygen atoms in total. The van der Waals surface area contributed by atoms with Gasteiger partial charge in [-0.1, -0.05) is 75.3 Å². The predicted octanol–water partition coefficient (Wildman–Crippen LogP) is 7.96. The molecule has 1 N–H and O–H groups in total. The lowest BCUT2D eigenvalue weighted by molar-refractivity contribution is -0.144. The number of hydrogen-bond acceptors (Lipinski definition) is 6. The first-order chi connectivity index (χ1) is 19.2.